The van der Waals surface area contributed by atoms with Crippen LogP contribution >= 0.6 is 0 Å². The molecule has 0 aliphatic carbocycles. The fourth-order valence-electron chi connectivity index (χ4n) is 4.66. The zero-order valence-corrected chi connectivity index (χ0v) is 18.6. The van der Waals surface area contributed by atoms with E-state index in [0.717, 1.165) is 80.7 Å². The number of likely N-dealkylation sites (tertiary alicyclic amines) is 2. The van der Waals surface area contributed by atoms with Crippen LogP contribution in [0.4, 0.5) is 13.2 Å². The van der Waals surface area contributed by atoms with Gasteiger partial charge in [0.15, 0.2) is 0 Å². The molecule has 0 bridgehead atoms. The topological polar surface area (TPSA) is 55.8 Å². The van der Waals surface area contributed by atoms with Gasteiger partial charge in [0.05, 0.1) is 5.56 Å². The summed E-state index contributed by atoms with van der Waals surface area (Å²) in [6.07, 6.45) is 0.0900. The van der Waals surface area contributed by atoms with E-state index in [1.807, 2.05) is 12.1 Å². The van der Waals surface area contributed by atoms with E-state index in [0.29, 0.717) is 18.8 Å². The molecule has 0 unspecified atom stereocenters. The maximum atomic E-state index is 13.0. The van der Waals surface area contributed by atoms with Crippen LogP contribution in [0.2, 0.25) is 0 Å². The van der Waals surface area contributed by atoms with E-state index in [9.17, 15) is 23.1 Å². The third-order valence-corrected chi connectivity index (χ3v) is 6.42. The molecule has 2 fully saturated rings. The van der Waals surface area contributed by atoms with Crippen LogP contribution in [0.15, 0.2) is 36.4 Å². The highest BCUT2D eigenvalue weighted by Crippen LogP contribution is 2.31. The molecule has 8 heteroatoms. The normalized spacial score (nSPS) is 17.5. The highest BCUT2D eigenvalue weighted by Gasteiger charge is 2.31. The summed E-state index contributed by atoms with van der Waals surface area (Å²) < 4.78 is 38.9. The van der Waals surface area contributed by atoms with Gasteiger partial charge < -0.3 is 10.4 Å². The van der Waals surface area contributed by atoms with Crippen molar-refractivity contribution in [1.82, 2.24) is 15.1 Å². The summed E-state index contributed by atoms with van der Waals surface area (Å²) in [4.78, 5) is 17.2. The fraction of sp³-hybridized carbons (Fsp3) is 0.480. The highest BCUT2D eigenvalue weighted by atomic mass is 19.4. The lowest BCUT2D eigenvalue weighted by molar-refractivity contribution is -0.137. The molecule has 178 valence electrons. The number of phenolic OH excluding ortho intramolecular Hbond substituents is 1. The van der Waals surface area contributed by atoms with Crippen LogP contribution in [0.5, 0.6) is 5.75 Å². The lowest BCUT2D eigenvalue weighted by Gasteiger charge is -2.21. The Labute approximate surface area is 192 Å². The van der Waals surface area contributed by atoms with Gasteiger partial charge in [-0.1, -0.05) is 6.07 Å². The Bertz CT molecular complexity index is 942. The Kier molecular flexibility index (Phi) is 7.24. The Hall–Kier alpha value is -2.58. The molecule has 0 aromatic heterocycles. The van der Waals surface area contributed by atoms with Gasteiger partial charge in [0, 0.05) is 36.3 Å². The Morgan fingerprint density at radius 1 is 0.909 bits per heavy atom. The molecule has 2 aromatic rings. The Morgan fingerprint density at radius 3 is 1.97 bits per heavy atom. The zero-order valence-electron chi connectivity index (χ0n) is 18.6. The monoisotopic (exact) mass is 461 g/mol. The molecule has 0 radical (unpaired) electrons. The van der Waals surface area contributed by atoms with Gasteiger partial charge in [-0.2, -0.15) is 13.2 Å². The molecule has 0 saturated carbocycles. The predicted octanol–water partition coefficient (Wildman–Crippen LogP) is 4.53. The van der Waals surface area contributed by atoms with Crippen molar-refractivity contribution < 1.29 is 23.1 Å². The molecular weight excluding hydrogens is 431 g/mol. The van der Waals surface area contributed by atoms with Crippen molar-refractivity contribution in [3.05, 3.63) is 64.2 Å². The van der Waals surface area contributed by atoms with Crippen LogP contribution in [0, 0.1) is 0 Å². The quantitative estimate of drug-likeness (QED) is 0.636. The number of carbonyl (C=O) groups is 1. The lowest BCUT2D eigenvalue weighted by atomic mass is 10.0. The molecule has 5 nitrogen and oxygen atoms in total. The first kappa shape index (κ1) is 23.6. The molecule has 1 amide bonds. The molecule has 2 aromatic carbocycles. The van der Waals surface area contributed by atoms with Crippen molar-refractivity contribution in [2.75, 3.05) is 26.2 Å². The summed E-state index contributed by atoms with van der Waals surface area (Å²) in [5, 5.41) is 13.7. The standard InChI is InChI=1S/C25H30F3N3O2/c26-25(27,28)22-7-5-6-19(14-22)24(33)29-15-18-12-20(16-30-8-1-2-9-30)23(32)21(13-18)17-31-10-3-4-11-31/h5-7,12-14,32H,1-4,8-11,15-17H2,(H,29,33). The third kappa shape index (κ3) is 6.06. The van der Waals surface area contributed by atoms with Gasteiger partial charge in [0.2, 0.25) is 0 Å². The number of hydrogen-bond acceptors (Lipinski definition) is 4. The van der Waals surface area contributed by atoms with Gasteiger partial charge in [0.25, 0.3) is 5.91 Å². The second-order valence-corrected chi connectivity index (χ2v) is 8.99. The molecular formula is C25H30F3N3O2. The van der Waals surface area contributed by atoms with Crippen LogP contribution in [0.3, 0.4) is 0 Å². The van der Waals surface area contributed by atoms with Crippen molar-refractivity contribution in [1.29, 1.82) is 0 Å². The van der Waals surface area contributed by atoms with Gasteiger partial charge in [-0.15, -0.1) is 0 Å². The summed E-state index contributed by atoms with van der Waals surface area (Å²) >= 11 is 0. The first-order valence-electron chi connectivity index (χ1n) is 11.5. The minimum atomic E-state index is -4.50. The predicted molar refractivity (Wildman–Crippen MR) is 120 cm³/mol. The van der Waals surface area contributed by atoms with E-state index in [-0.39, 0.29) is 12.1 Å². The number of benzene rings is 2. The van der Waals surface area contributed by atoms with E-state index < -0.39 is 17.6 Å². The number of carbonyl (C=O) groups excluding carboxylic acids is 1. The summed E-state index contributed by atoms with van der Waals surface area (Å²) in [6, 6.07) is 8.22. The summed E-state index contributed by atoms with van der Waals surface area (Å²) in [7, 11) is 0. The molecule has 0 atom stereocenters. The summed E-state index contributed by atoms with van der Waals surface area (Å²) in [5.74, 6) is -0.252. The molecule has 2 N–H and O–H groups in total. The van der Waals surface area contributed by atoms with E-state index >= 15 is 0 Å². The molecule has 33 heavy (non-hydrogen) atoms. The number of amides is 1. The van der Waals surface area contributed by atoms with Crippen LogP contribution in [-0.2, 0) is 25.8 Å². The number of halogens is 3. The molecule has 0 spiro atoms. The minimum absolute atomic E-state index is 0.0295. The van der Waals surface area contributed by atoms with E-state index in [1.165, 1.54) is 12.1 Å². The number of phenols is 1. The first-order chi connectivity index (χ1) is 15.8. The number of aromatic hydroxyl groups is 1. The zero-order chi connectivity index (χ0) is 23.4. The third-order valence-electron chi connectivity index (χ3n) is 6.42. The second kappa shape index (κ2) is 10.1. The van der Waals surface area contributed by atoms with Crippen LogP contribution < -0.4 is 5.32 Å². The Balaban J connectivity index is 1.51. The van der Waals surface area contributed by atoms with Crippen molar-refractivity contribution in [2.24, 2.45) is 0 Å². The average molecular weight is 462 g/mol. The molecule has 2 aliphatic rings. The molecule has 2 saturated heterocycles. The summed E-state index contributed by atoms with van der Waals surface area (Å²) in [5.41, 5.74) is 1.61. The SMILES string of the molecule is O=C(NCc1cc(CN2CCCC2)c(O)c(CN2CCCC2)c1)c1cccc(C(F)(F)F)c1. The largest absolute Gasteiger partial charge is 0.507 e. The second-order valence-electron chi connectivity index (χ2n) is 8.99. The number of hydrogen-bond donors (Lipinski definition) is 2. The number of nitrogens with zero attached hydrogens (tertiary/aromatic N) is 2. The average Bonchev–Trinajstić information content (AvgIpc) is 3.49. The van der Waals surface area contributed by atoms with Crippen molar-refractivity contribution in [3.63, 3.8) is 0 Å². The van der Waals surface area contributed by atoms with Crippen molar-refractivity contribution in [3.8, 4) is 5.75 Å². The summed E-state index contributed by atoms with van der Waals surface area (Å²) in [6.45, 7) is 5.46. The number of alkyl halides is 3. The lowest BCUT2D eigenvalue weighted by Crippen LogP contribution is -2.24. The van der Waals surface area contributed by atoms with E-state index in [1.54, 1.807) is 0 Å². The maximum Gasteiger partial charge on any atom is 0.416 e. The molecule has 4 rings (SSSR count). The van der Waals surface area contributed by atoms with E-state index in [4.69, 9.17) is 0 Å². The minimum Gasteiger partial charge on any atom is -0.507 e. The van der Waals surface area contributed by atoms with Crippen LogP contribution in [-0.4, -0.2) is 47.0 Å². The Morgan fingerprint density at radius 2 is 1.45 bits per heavy atom. The van der Waals surface area contributed by atoms with Crippen molar-refractivity contribution in [2.45, 2.75) is 51.5 Å². The highest BCUT2D eigenvalue weighted by molar-refractivity contribution is 5.94. The smallest absolute Gasteiger partial charge is 0.416 e. The van der Waals surface area contributed by atoms with Gasteiger partial charge >= 0.3 is 6.18 Å². The number of rotatable bonds is 7. The van der Waals surface area contributed by atoms with Gasteiger partial charge in [-0.05, 0) is 87.8 Å². The van der Waals surface area contributed by atoms with Gasteiger partial charge in [0.1, 0.15) is 5.75 Å². The van der Waals surface area contributed by atoms with E-state index in [2.05, 4.69) is 15.1 Å². The van der Waals surface area contributed by atoms with Gasteiger partial charge in [-0.25, -0.2) is 0 Å². The van der Waals surface area contributed by atoms with Crippen molar-refractivity contribution >= 4 is 5.91 Å². The maximum absolute atomic E-state index is 13.0. The van der Waals surface area contributed by atoms with Gasteiger partial charge in [-0.3, -0.25) is 14.6 Å². The molecule has 2 heterocycles. The number of nitrogens with one attached hydrogen (secondary N) is 1. The first-order valence-corrected chi connectivity index (χ1v) is 11.5. The fourth-order valence-corrected chi connectivity index (χ4v) is 4.66. The van der Waals surface area contributed by atoms with Crippen LogP contribution in [0.25, 0.3) is 0 Å². The molecule has 2 aliphatic heterocycles. The van der Waals surface area contributed by atoms with Crippen LogP contribution in [0.1, 0.15) is 58.3 Å².